The Hall–Kier alpha value is -2.13. The van der Waals surface area contributed by atoms with E-state index in [0.717, 1.165) is 11.3 Å². The van der Waals surface area contributed by atoms with E-state index in [2.05, 4.69) is 4.90 Å². The van der Waals surface area contributed by atoms with E-state index in [1.165, 1.54) is 10.4 Å². The highest BCUT2D eigenvalue weighted by Gasteiger charge is 2.31. The summed E-state index contributed by atoms with van der Waals surface area (Å²) in [5.74, 6) is 0.870. The Kier molecular flexibility index (Phi) is 6.29. The van der Waals surface area contributed by atoms with Gasteiger partial charge in [-0.2, -0.15) is 4.31 Å². The van der Waals surface area contributed by atoms with Gasteiger partial charge in [0.25, 0.3) is 0 Å². The van der Waals surface area contributed by atoms with Gasteiger partial charge in [-0.05, 0) is 18.2 Å². The molecule has 7 nitrogen and oxygen atoms in total. The van der Waals surface area contributed by atoms with Gasteiger partial charge in [-0.15, -0.1) is 0 Å². The van der Waals surface area contributed by atoms with Crippen LogP contribution >= 0.6 is 11.6 Å². The number of nitrogens with zero attached hydrogens (tertiary/aromatic N) is 3. The number of carbonyl (C=O) groups excluding carboxylic acids is 1. The van der Waals surface area contributed by atoms with Crippen molar-refractivity contribution in [2.45, 2.75) is 11.4 Å². The van der Waals surface area contributed by atoms with E-state index < -0.39 is 10.0 Å². The minimum absolute atomic E-state index is 0.00386. The molecule has 160 valence electrons. The minimum Gasteiger partial charge on any atom is -0.492 e. The summed E-state index contributed by atoms with van der Waals surface area (Å²) in [7, 11) is -3.67. The molecule has 0 bridgehead atoms. The summed E-state index contributed by atoms with van der Waals surface area (Å²) in [6.07, 6.45) is 0. The van der Waals surface area contributed by atoms with Crippen molar-refractivity contribution in [3.63, 3.8) is 0 Å². The lowest BCUT2D eigenvalue weighted by molar-refractivity contribution is -0.133. The summed E-state index contributed by atoms with van der Waals surface area (Å²) in [5.41, 5.74) is 1.07. The lowest BCUT2D eigenvalue weighted by atomic mass is 10.2. The highest BCUT2D eigenvalue weighted by Crippen LogP contribution is 2.25. The van der Waals surface area contributed by atoms with Crippen molar-refractivity contribution in [1.29, 1.82) is 0 Å². The average molecular weight is 450 g/mol. The maximum Gasteiger partial charge on any atom is 0.244 e. The van der Waals surface area contributed by atoms with Crippen molar-refractivity contribution in [2.75, 3.05) is 45.9 Å². The standard InChI is InChI=1S/C21H24ClN3O4S/c22-18-6-2-4-8-20(18)30(27,28)25-11-9-24(10-12-25)21(26)16-23-13-14-29-19-7-3-1-5-17(19)15-23/h1-8H,9-16H2. The SMILES string of the molecule is O=C(CN1CCOc2ccccc2C1)N1CCN(S(=O)(=O)c2ccccc2Cl)CC1. The van der Waals surface area contributed by atoms with Crippen LogP contribution in [0.3, 0.4) is 0 Å². The third kappa shape index (κ3) is 4.46. The number of sulfonamides is 1. The number of fused-ring (bicyclic) bond motifs is 1. The summed E-state index contributed by atoms with van der Waals surface area (Å²) in [5, 5.41) is 0.208. The number of para-hydroxylation sites is 1. The second-order valence-electron chi connectivity index (χ2n) is 7.38. The van der Waals surface area contributed by atoms with E-state index in [0.29, 0.717) is 32.8 Å². The molecule has 2 aromatic rings. The van der Waals surface area contributed by atoms with Crippen molar-refractivity contribution in [3.8, 4) is 5.75 Å². The number of hydrogen-bond acceptors (Lipinski definition) is 5. The lowest BCUT2D eigenvalue weighted by Crippen LogP contribution is -2.52. The third-order valence-electron chi connectivity index (χ3n) is 5.44. The fourth-order valence-corrected chi connectivity index (χ4v) is 5.69. The maximum absolute atomic E-state index is 12.9. The topological polar surface area (TPSA) is 70.2 Å². The van der Waals surface area contributed by atoms with Crippen molar-refractivity contribution >= 4 is 27.5 Å². The fourth-order valence-electron chi connectivity index (χ4n) is 3.78. The number of benzene rings is 2. The highest BCUT2D eigenvalue weighted by molar-refractivity contribution is 7.89. The Morgan fingerprint density at radius 3 is 2.43 bits per heavy atom. The average Bonchev–Trinajstić information content (AvgIpc) is 2.95. The van der Waals surface area contributed by atoms with Gasteiger partial charge < -0.3 is 9.64 Å². The van der Waals surface area contributed by atoms with E-state index in [4.69, 9.17) is 16.3 Å². The van der Waals surface area contributed by atoms with Crippen LogP contribution in [0.25, 0.3) is 0 Å². The number of carbonyl (C=O) groups is 1. The molecular formula is C21H24ClN3O4S. The van der Waals surface area contributed by atoms with Crippen LogP contribution in [0.15, 0.2) is 53.4 Å². The number of rotatable bonds is 4. The number of ether oxygens (including phenoxy) is 1. The van der Waals surface area contributed by atoms with Gasteiger partial charge in [0, 0.05) is 44.8 Å². The molecule has 1 saturated heterocycles. The van der Waals surface area contributed by atoms with Crippen LogP contribution in [0, 0.1) is 0 Å². The van der Waals surface area contributed by atoms with Crippen LogP contribution in [-0.4, -0.2) is 74.3 Å². The largest absolute Gasteiger partial charge is 0.492 e. The molecule has 4 rings (SSSR count). The maximum atomic E-state index is 12.9. The number of amides is 1. The Labute approximate surface area is 181 Å². The molecule has 0 spiro atoms. The second kappa shape index (κ2) is 8.93. The molecule has 0 unspecified atom stereocenters. The normalized spacial score (nSPS) is 18.4. The van der Waals surface area contributed by atoms with Gasteiger partial charge in [0.1, 0.15) is 17.3 Å². The van der Waals surface area contributed by atoms with E-state index in [-0.39, 0.29) is 35.5 Å². The molecule has 0 N–H and O–H groups in total. The molecule has 2 aromatic carbocycles. The number of hydrogen-bond donors (Lipinski definition) is 0. The molecule has 0 saturated carbocycles. The van der Waals surface area contributed by atoms with E-state index in [1.54, 1.807) is 23.1 Å². The Bertz CT molecular complexity index is 1020. The molecule has 1 amide bonds. The number of halogens is 1. The molecule has 9 heteroatoms. The predicted octanol–water partition coefficient (Wildman–Crippen LogP) is 2.07. The first-order valence-electron chi connectivity index (χ1n) is 9.90. The molecule has 2 aliphatic rings. The van der Waals surface area contributed by atoms with Crippen LogP contribution in [0.5, 0.6) is 5.75 Å². The van der Waals surface area contributed by atoms with Crippen LogP contribution in [0.1, 0.15) is 5.56 Å². The van der Waals surface area contributed by atoms with Gasteiger partial charge in [-0.3, -0.25) is 9.69 Å². The zero-order valence-electron chi connectivity index (χ0n) is 16.5. The molecule has 1 fully saturated rings. The van der Waals surface area contributed by atoms with Gasteiger partial charge in [0.05, 0.1) is 11.6 Å². The first kappa shape index (κ1) is 21.1. The molecule has 0 atom stereocenters. The summed E-state index contributed by atoms with van der Waals surface area (Å²) in [4.78, 5) is 16.7. The molecule has 0 radical (unpaired) electrons. The first-order valence-corrected chi connectivity index (χ1v) is 11.7. The van der Waals surface area contributed by atoms with Gasteiger partial charge in [0.15, 0.2) is 0 Å². The van der Waals surface area contributed by atoms with Gasteiger partial charge in [0.2, 0.25) is 15.9 Å². The fraction of sp³-hybridized carbons (Fsp3) is 0.381. The van der Waals surface area contributed by atoms with Crippen molar-refractivity contribution < 1.29 is 17.9 Å². The van der Waals surface area contributed by atoms with Crippen LogP contribution < -0.4 is 4.74 Å². The highest BCUT2D eigenvalue weighted by atomic mass is 35.5. The molecule has 2 aliphatic heterocycles. The Morgan fingerprint density at radius 1 is 0.967 bits per heavy atom. The zero-order valence-corrected chi connectivity index (χ0v) is 18.1. The van der Waals surface area contributed by atoms with Crippen molar-refractivity contribution in [3.05, 3.63) is 59.1 Å². The zero-order chi connectivity index (χ0) is 21.1. The van der Waals surface area contributed by atoms with E-state index in [1.807, 2.05) is 24.3 Å². The van der Waals surface area contributed by atoms with Crippen LogP contribution in [0.4, 0.5) is 0 Å². The monoisotopic (exact) mass is 449 g/mol. The smallest absolute Gasteiger partial charge is 0.244 e. The van der Waals surface area contributed by atoms with Gasteiger partial charge >= 0.3 is 0 Å². The first-order chi connectivity index (χ1) is 14.4. The summed E-state index contributed by atoms with van der Waals surface area (Å²) in [6, 6.07) is 14.3. The predicted molar refractivity (Wildman–Crippen MR) is 114 cm³/mol. The Balaban J connectivity index is 1.35. The molecule has 30 heavy (non-hydrogen) atoms. The molecule has 2 heterocycles. The van der Waals surface area contributed by atoms with Crippen LogP contribution in [0.2, 0.25) is 5.02 Å². The lowest BCUT2D eigenvalue weighted by Gasteiger charge is -2.35. The third-order valence-corrected chi connectivity index (χ3v) is 7.83. The van der Waals surface area contributed by atoms with Crippen molar-refractivity contribution in [2.24, 2.45) is 0 Å². The minimum atomic E-state index is -3.67. The van der Waals surface area contributed by atoms with E-state index in [9.17, 15) is 13.2 Å². The van der Waals surface area contributed by atoms with Crippen molar-refractivity contribution in [1.82, 2.24) is 14.1 Å². The van der Waals surface area contributed by atoms with E-state index >= 15 is 0 Å². The number of piperazine rings is 1. The Morgan fingerprint density at radius 2 is 1.67 bits per heavy atom. The molecule has 0 aliphatic carbocycles. The molecular weight excluding hydrogens is 426 g/mol. The van der Waals surface area contributed by atoms with Gasteiger partial charge in [-0.1, -0.05) is 41.9 Å². The molecule has 0 aromatic heterocycles. The summed E-state index contributed by atoms with van der Waals surface area (Å²) < 4.78 is 32.9. The summed E-state index contributed by atoms with van der Waals surface area (Å²) in [6.45, 7) is 3.39. The summed E-state index contributed by atoms with van der Waals surface area (Å²) >= 11 is 6.08. The quantitative estimate of drug-likeness (QED) is 0.714. The second-order valence-corrected chi connectivity index (χ2v) is 9.70. The van der Waals surface area contributed by atoms with Gasteiger partial charge in [-0.25, -0.2) is 8.42 Å². The van der Waals surface area contributed by atoms with Crippen LogP contribution in [-0.2, 0) is 21.4 Å².